The molecule has 5 heteroatoms. The number of carbonyl (C=O) groups excluding carboxylic acids is 1. The quantitative estimate of drug-likeness (QED) is 0.720. The highest BCUT2D eigenvalue weighted by atomic mass is 16.5. The summed E-state index contributed by atoms with van der Waals surface area (Å²) in [7, 11) is 1.46. The molecule has 2 N–H and O–H groups in total. The molecular formula is C10H15N3O2. The molecule has 0 saturated carbocycles. The van der Waals surface area contributed by atoms with Crippen LogP contribution in [0.5, 0.6) is 5.88 Å². The predicted octanol–water partition coefficient (Wildman–Crippen LogP) is 0.653. The number of ketones is 1. The van der Waals surface area contributed by atoms with E-state index in [2.05, 4.69) is 9.97 Å². The largest absolute Gasteiger partial charge is 0.479 e. The number of nitrogens with two attached hydrogens (primary N) is 1. The first-order valence-electron chi connectivity index (χ1n) is 4.83. The van der Waals surface area contributed by atoms with Gasteiger partial charge in [0.2, 0.25) is 5.88 Å². The van der Waals surface area contributed by atoms with E-state index in [1.165, 1.54) is 19.5 Å². The third-order valence-electron chi connectivity index (χ3n) is 2.24. The highest BCUT2D eigenvalue weighted by Crippen LogP contribution is 2.16. The van der Waals surface area contributed by atoms with Crippen molar-refractivity contribution in [2.24, 2.45) is 11.7 Å². The predicted molar refractivity (Wildman–Crippen MR) is 55.7 cm³/mol. The molecule has 1 aromatic rings. The Bertz CT molecular complexity index is 337. The van der Waals surface area contributed by atoms with Gasteiger partial charge in [0.1, 0.15) is 0 Å². The third-order valence-corrected chi connectivity index (χ3v) is 2.24. The minimum Gasteiger partial charge on any atom is -0.479 e. The highest BCUT2D eigenvalue weighted by molar-refractivity contribution is 5.98. The van der Waals surface area contributed by atoms with Crippen LogP contribution in [-0.4, -0.2) is 29.4 Å². The molecule has 0 aliphatic heterocycles. The van der Waals surface area contributed by atoms with Gasteiger partial charge in [-0.1, -0.05) is 6.92 Å². The van der Waals surface area contributed by atoms with Crippen molar-refractivity contribution >= 4 is 5.78 Å². The zero-order valence-corrected chi connectivity index (χ0v) is 8.93. The first kappa shape index (κ1) is 11.6. The van der Waals surface area contributed by atoms with Crippen molar-refractivity contribution in [3.8, 4) is 5.88 Å². The summed E-state index contributed by atoms with van der Waals surface area (Å²) >= 11 is 0. The molecule has 1 aromatic heterocycles. The van der Waals surface area contributed by atoms with Crippen molar-refractivity contribution in [3.63, 3.8) is 0 Å². The summed E-state index contributed by atoms with van der Waals surface area (Å²) in [4.78, 5) is 19.8. The number of nitrogens with zero attached hydrogens (tertiary/aromatic N) is 2. The van der Waals surface area contributed by atoms with Crippen molar-refractivity contribution in [3.05, 3.63) is 18.1 Å². The van der Waals surface area contributed by atoms with E-state index in [9.17, 15) is 4.79 Å². The Morgan fingerprint density at radius 1 is 1.53 bits per heavy atom. The topological polar surface area (TPSA) is 78.1 Å². The lowest BCUT2D eigenvalue weighted by atomic mass is 9.99. The summed E-state index contributed by atoms with van der Waals surface area (Å²) in [6.45, 7) is 2.23. The summed E-state index contributed by atoms with van der Waals surface area (Å²) in [5, 5.41) is 0. The van der Waals surface area contributed by atoms with Crippen LogP contribution in [0.3, 0.4) is 0 Å². The van der Waals surface area contributed by atoms with Crippen LogP contribution in [0.25, 0.3) is 0 Å². The Kier molecular flexibility index (Phi) is 4.17. The Labute approximate surface area is 88.7 Å². The maximum atomic E-state index is 11.9. The van der Waals surface area contributed by atoms with Gasteiger partial charge in [-0.15, -0.1) is 0 Å². The van der Waals surface area contributed by atoms with Gasteiger partial charge in [-0.2, -0.15) is 0 Å². The molecule has 0 fully saturated rings. The van der Waals surface area contributed by atoms with Crippen molar-refractivity contribution in [2.45, 2.75) is 13.3 Å². The molecule has 1 rings (SSSR count). The Morgan fingerprint density at radius 3 is 2.73 bits per heavy atom. The second-order valence-electron chi connectivity index (χ2n) is 3.12. The molecule has 0 aliphatic rings. The van der Waals surface area contributed by atoms with Gasteiger partial charge in [0.25, 0.3) is 0 Å². The van der Waals surface area contributed by atoms with Gasteiger partial charge in [-0.25, -0.2) is 9.97 Å². The number of hydrogen-bond donors (Lipinski definition) is 1. The second-order valence-corrected chi connectivity index (χ2v) is 3.12. The molecule has 0 amide bonds. The van der Waals surface area contributed by atoms with E-state index >= 15 is 0 Å². The fraction of sp³-hybridized carbons (Fsp3) is 0.500. The number of aromatic nitrogens is 2. The van der Waals surface area contributed by atoms with E-state index in [0.717, 1.165) is 0 Å². The van der Waals surface area contributed by atoms with Crippen LogP contribution in [0.2, 0.25) is 0 Å². The molecule has 0 aliphatic carbocycles. The molecule has 5 nitrogen and oxygen atoms in total. The summed E-state index contributed by atoms with van der Waals surface area (Å²) < 4.78 is 4.97. The Hall–Kier alpha value is -1.49. The van der Waals surface area contributed by atoms with E-state index in [1.54, 1.807) is 0 Å². The maximum absolute atomic E-state index is 11.9. The van der Waals surface area contributed by atoms with Crippen molar-refractivity contribution in [1.29, 1.82) is 0 Å². The molecule has 1 unspecified atom stereocenters. The number of methoxy groups -OCH3 is 1. The van der Waals surface area contributed by atoms with Crippen LogP contribution in [0.1, 0.15) is 23.8 Å². The fourth-order valence-corrected chi connectivity index (χ4v) is 1.30. The van der Waals surface area contributed by atoms with Gasteiger partial charge < -0.3 is 10.5 Å². The minimum absolute atomic E-state index is 0.107. The van der Waals surface area contributed by atoms with E-state index in [4.69, 9.17) is 10.5 Å². The van der Waals surface area contributed by atoms with Crippen LogP contribution < -0.4 is 10.5 Å². The molecule has 1 atom stereocenters. The van der Waals surface area contributed by atoms with Gasteiger partial charge in [-0.05, 0) is 6.42 Å². The van der Waals surface area contributed by atoms with E-state index in [1.807, 2.05) is 6.92 Å². The Balaban J connectivity index is 2.99. The third kappa shape index (κ3) is 2.50. The van der Waals surface area contributed by atoms with Crippen LogP contribution >= 0.6 is 0 Å². The highest BCUT2D eigenvalue weighted by Gasteiger charge is 2.22. The normalized spacial score (nSPS) is 12.2. The zero-order valence-electron chi connectivity index (χ0n) is 8.93. The van der Waals surface area contributed by atoms with Gasteiger partial charge in [-0.3, -0.25) is 4.79 Å². The minimum atomic E-state index is -0.212. The molecule has 0 radical (unpaired) electrons. The molecule has 0 saturated heterocycles. The van der Waals surface area contributed by atoms with Crippen LogP contribution in [-0.2, 0) is 0 Å². The number of carbonyl (C=O) groups is 1. The molecular weight excluding hydrogens is 194 g/mol. The summed E-state index contributed by atoms with van der Waals surface area (Å²) in [5.41, 5.74) is 5.76. The Morgan fingerprint density at radius 2 is 2.20 bits per heavy atom. The first-order chi connectivity index (χ1) is 7.24. The molecule has 15 heavy (non-hydrogen) atoms. The second kappa shape index (κ2) is 5.41. The van der Waals surface area contributed by atoms with E-state index in [-0.39, 0.29) is 23.3 Å². The molecule has 0 aromatic carbocycles. The zero-order chi connectivity index (χ0) is 11.3. The van der Waals surface area contributed by atoms with Gasteiger partial charge in [0.15, 0.2) is 11.5 Å². The monoisotopic (exact) mass is 209 g/mol. The van der Waals surface area contributed by atoms with Crippen molar-refractivity contribution in [2.75, 3.05) is 13.7 Å². The van der Waals surface area contributed by atoms with Crippen LogP contribution in [0, 0.1) is 5.92 Å². The first-order valence-corrected chi connectivity index (χ1v) is 4.83. The van der Waals surface area contributed by atoms with Crippen LogP contribution in [0.4, 0.5) is 0 Å². The number of ether oxygens (including phenoxy) is 1. The number of rotatable bonds is 5. The molecule has 82 valence electrons. The summed E-state index contributed by atoms with van der Waals surface area (Å²) in [5.74, 6) is -0.0602. The van der Waals surface area contributed by atoms with Gasteiger partial charge in [0, 0.05) is 24.9 Å². The average molecular weight is 209 g/mol. The molecule has 0 bridgehead atoms. The lowest BCUT2D eigenvalue weighted by molar-refractivity contribution is 0.0912. The van der Waals surface area contributed by atoms with Crippen molar-refractivity contribution < 1.29 is 9.53 Å². The van der Waals surface area contributed by atoms with Crippen molar-refractivity contribution in [1.82, 2.24) is 9.97 Å². The van der Waals surface area contributed by atoms with Gasteiger partial charge in [0.05, 0.1) is 7.11 Å². The summed E-state index contributed by atoms with van der Waals surface area (Å²) in [6, 6.07) is 0. The lowest BCUT2D eigenvalue weighted by Gasteiger charge is -2.11. The SMILES string of the molecule is CCC(CN)C(=O)c1nccnc1OC. The molecule has 1 heterocycles. The summed E-state index contributed by atoms with van der Waals surface area (Å²) in [6.07, 6.45) is 3.65. The van der Waals surface area contributed by atoms with E-state index < -0.39 is 0 Å². The lowest BCUT2D eigenvalue weighted by Crippen LogP contribution is -2.24. The number of hydrogen-bond acceptors (Lipinski definition) is 5. The smallest absolute Gasteiger partial charge is 0.243 e. The average Bonchev–Trinajstić information content (AvgIpc) is 2.30. The standard InChI is InChI=1S/C10H15N3O2/c1-3-7(6-11)9(14)8-10(15-2)13-5-4-12-8/h4-5,7H,3,6,11H2,1-2H3. The molecule has 0 spiro atoms. The van der Waals surface area contributed by atoms with E-state index in [0.29, 0.717) is 13.0 Å². The number of Topliss-reactive ketones (excluding diaryl/α,β-unsaturated/α-hetero) is 1. The maximum Gasteiger partial charge on any atom is 0.243 e. The fourth-order valence-electron chi connectivity index (χ4n) is 1.30. The van der Waals surface area contributed by atoms with Crippen LogP contribution in [0.15, 0.2) is 12.4 Å². The van der Waals surface area contributed by atoms with Gasteiger partial charge >= 0.3 is 0 Å².